The molecule has 0 aliphatic rings. The Morgan fingerprint density at radius 1 is 1.29 bits per heavy atom. The maximum absolute atomic E-state index is 12.5. The number of aromatic nitrogens is 2. The van der Waals surface area contributed by atoms with Gasteiger partial charge in [0.1, 0.15) is 0 Å². The summed E-state index contributed by atoms with van der Waals surface area (Å²) >= 11 is 1.56. The molecule has 0 saturated carbocycles. The van der Waals surface area contributed by atoms with Gasteiger partial charge >= 0.3 is 0 Å². The van der Waals surface area contributed by atoms with Crippen molar-refractivity contribution in [2.75, 3.05) is 11.4 Å². The summed E-state index contributed by atoms with van der Waals surface area (Å²) in [6.45, 7) is 4.63. The predicted octanol–water partition coefficient (Wildman–Crippen LogP) is 4.09. The van der Waals surface area contributed by atoms with E-state index in [1.807, 2.05) is 55.6 Å². The van der Waals surface area contributed by atoms with E-state index in [0.29, 0.717) is 31.1 Å². The lowest BCUT2D eigenvalue weighted by atomic mass is 10.2. The molecule has 0 atom stereocenters. The fourth-order valence-corrected chi connectivity index (χ4v) is 3.16. The summed E-state index contributed by atoms with van der Waals surface area (Å²) in [7, 11) is 0. The van der Waals surface area contributed by atoms with Crippen LogP contribution in [0, 0.1) is 6.92 Å². The normalized spacial score (nSPS) is 10.8. The van der Waals surface area contributed by atoms with E-state index in [1.165, 1.54) is 0 Å². The summed E-state index contributed by atoms with van der Waals surface area (Å²) in [6.07, 6.45) is 0.785. The predicted molar refractivity (Wildman–Crippen MR) is 95.1 cm³/mol. The van der Waals surface area contributed by atoms with Crippen LogP contribution in [0.1, 0.15) is 24.8 Å². The summed E-state index contributed by atoms with van der Waals surface area (Å²) in [5, 5.41) is 5.94. The van der Waals surface area contributed by atoms with Crippen LogP contribution in [-0.2, 0) is 11.2 Å². The lowest BCUT2D eigenvalue weighted by Crippen LogP contribution is -2.30. The van der Waals surface area contributed by atoms with Gasteiger partial charge in [-0.25, -0.2) is 0 Å². The lowest BCUT2D eigenvalue weighted by Gasteiger charge is -2.21. The van der Waals surface area contributed by atoms with Crippen molar-refractivity contribution < 1.29 is 9.32 Å². The van der Waals surface area contributed by atoms with E-state index < -0.39 is 0 Å². The van der Waals surface area contributed by atoms with Crippen LogP contribution in [0.2, 0.25) is 0 Å². The minimum absolute atomic E-state index is 0.0546. The summed E-state index contributed by atoms with van der Waals surface area (Å²) < 4.78 is 5.25. The van der Waals surface area contributed by atoms with Gasteiger partial charge in [-0.15, -0.1) is 11.3 Å². The molecular weight excluding hydrogens is 322 g/mol. The Balaban J connectivity index is 1.64. The molecule has 3 aromatic rings. The zero-order valence-electron chi connectivity index (χ0n) is 13.7. The van der Waals surface area contributed by atoms with Crippen molar-refractivity contribution in [1.82, 2.24) is 10.1 Å². The summed E-state index contributed by atoms with van der Waals surface area (Å²) in [6, 6.07) is 11.8. The zero-order chi connectivity index (χ0) is 16.9. The molecule has 1 aromatic carbocycles. The number of anilines is 1. The van der Waals surface area contributed by atoms with Crippen molar-refractivity contribution in [2.45, 2.75) is 26.7 Å². The second kappa shape index (κ2) is 7.40. The van der Waals surface area contributed by atoms with Gasteiger partial charge in [-0.3, -0.25) is 4.79 Å². The number of hydrogen-bond donors (Lipinski definition) is 0. The number of hydrogen-bond acceptors (Lipinski definition) is 5. The molecule has 0 aliphatic carbocycles. The largest absolute Gasteiger partial charge is 0.339 e. The van der Waals surface area contributed by atoms with Gasteiger partial charge in [0.2, 0.25) is 17.6 Å². The monoisotopic (exact) mass is 341 g/mol. The highest BCUT2D eigenvalue weighted by Gasteiger charge is 2.16. The third kappa shape index (κ3) is 3.71. The maximum atomic E-state index is 12.5. The van der Waals surface area contributed by atoms with Gasteiger partial charge in [-0.05, 0) is 43.0 Å². The standard InChI is InChI=1S/C18H19N3O2S/c1-3-21(14-7-4-6-13(2)12-14)17(22)10-9-16-19-18(20-23-16)15-8-5-11-24-15/h4-8,11-12H,3,9-10H2,1-2H3. The molecule has 5 nitrogen and oxygen atoms in total. The number of aryl methyl sites for hydroxylation is 2. The third-order valence-electron chi connectivity index (χ3n) is 3.69. The molecule has 1 amide bonds. The van der Waals surface area contributed by atoms with Crippen molar-refractivity contribution in [1.29, 1.82) is 0 Å². The number of rotatable bonds is 6. The van der Waals surface area contributed by atoms with Gasteiger partial charge in [-0.2, -0.15) is 4.98 Å². The van der Waals surface area contributed by atoms with E-state index in [4.69, 9.17) is 4.52 Å². The van der Waals surface area contributed by atoms with Crippen molar-refractivity contribution in [3.05, 3.63) is 53.2 Å². The molecule has 0 saturated heterocycles. The lowest BCUT2D eigenvalue weighted by molar-refractivity contribution is -0.118. The number of carbonyl (C=O) groups is 1. The van der Waals surface area contributed by atoms with Gasteiger partial charge in [0, 0.05) is 25.1 Å². The molecule has 2 aromatic heterocycles. The van der Waals surface area contributed by atoms with Crippen LogP contribution in [0.4, 0.5) is 5.69 Å². The Hall–Kier alpha value is -2.47. The molecule has 124 valence electrons. The van der Waals surface area contributed by atoms with Crippen molar-refractivity contribution in [2.24, 2.45) is 0 Å². The molecule has 0 fully saturated rings. The summed E-state index contributed by atoms with van der Waals surface area (Å²) in [4.78, 5) is 19.6. The van der Waals surface area contributed by atoms with Gasteiger partial charge in [0.25, 0.3) is 0 Å². The Morgan fingerprint density at radius 3 is 2.88 bits per heavy atom. The highest BCUT2D eigenvalue weighted by Crippen LogP contribution is 2.22. The van der Waals surface area contributed by atoms with E-state index in [0.717, 1.165) is 16.1 Å². The number of amides is 1. The van der Waals surface area contributed by atoms with Crippen LogP contribution in [0.15, 0.2) is 46.3 Å². The minimum Gasteiger partial charge on any atom is -0.339 e. The van der Waals surface area contributed by atoms with E-state index in [2.05, 4.69) is 10.1 Å². The van der Waals surface area contributed by atoms with Gasteiger partial charge in [0.15, 0.2) is 0 Å². The molecule has 2 heterocycles. The number of benzene rings is 1. The van der Waals surface area contributed by atoms with Crippen LogP contribution >= 0.6 is 11.3 Å². The molecule has 0 unspecified atom stereocenters. The SMILES string of the molecule is CCN(C(=O)CCc1nc(-c2cccs2)no1)c1cccc(C)c1. The second-order valence-electron chi connectivity index (χ2n) is 5.47. The molecule has 0 bridgehead atoms. The summed E-state index contributed by atoms with van der Waals surface area (Å²) in [5.41, 5.74) is 2.06. The van der Waals surface area contributed by atoms with E-state index >= 15 is 0 Å². The Bertz CT molecular complexity index is 811. The van der Waals surface area contributed by atoms with Crippen LogP contribution in [-0.4, -0.2) is 22.6 Å². The first-order chi connectivity index (χ1) is 11.7. The molecule has 0 radical (unpaired) electrons. The first kappa shape index (κ1) is 16.4. The molecule has 6 heteroatoms. The Morgan fingerprint density at radius 2 is 2.17 bits per heavy atom. The maximum Gasteiger partial charge on any atom is 0.227 e. The molecule has 3 rings (SSSR count). The quantitative estimate of drug-likeness (QED) is 0.677. The molecule has 24 heavy (non-hydrogen) atoms. The smallest absolute Gasteiger partial charge is 0.227 e. The first-order valence-corrected chi connectivity index (χ1v) is 8.79. The van der Waals surface area contributed by atoms with E-state index in [-0.39, 0.29) is 5.91 Å². The van der Waals surface area contributed by atoms with E-state index in [1.54, 1.807) is 16.2 Å². The number of nitrogens with zero attached hydrogens (tertiary/aromatic N) is 3. The second-order valence-corrected chi connectivity index (χ2v) is 6.41. The molecule has 0 N–H and O–H groups in total. The van der Waals surface area contributed by atoms with Crippen LogP contribution in [0.3, 0.4) is 0 Å². The average molecular weight is 341 g/mol. The fourth-order valence-electron chi connectivity index (χ4n) is 2.51. The molecule has 0 aliphatic heterocycles. The Kier molecular flexibility index (Phi) is 5.05. The molecular formula is C18H19N3O2S. The van der Waals surface area contributed by atoms with Crippen molar-refractivity contribution in [3.8, 4) is 10.7 Å². The van der Waals surface area contributed by atoms with Gasteiger partial charge in [0.05, 0.1) is 4.88 Å². The van der Waals surface area contributed by atoms with Crippen LogP contribution in [0.5, 0.6) is 0 Å². The average Bonchev–Trinajstić information content (AvgIpc) is 3.25. The van der Waals surface area contributed by atoms with Crippen molar-refractivity contribution >= 4 is 22.9 Å². The van der Waals surface area contributed by atoms with E-state index in [9.17, 15) is 4.79 Å². The minimum atomic E-state index is 0.0546. The Labute approximate surface area is 144 Å². The fraction of sp³-hybridized carbons (Fsp3) is 0.278. The third-order valence-corrected chi connectivity index (χ3v) is 4.56. The first-order valence-electron chi connectivity index (χ1n) is 7.91. The number of carbonyl (C=O) groups excluding carboxylic acids is 1. The highest BCUT2D eigenvalue weighted by molar-refractivity contribution is 7.13. The van der Waals surface area contributed by atoms with Crippen LogP contribution < -0.4 is 4.90 Å². The summed E-state index contributed by atoms with van der Waals surface area (Å²) in [5.74, 6) is 1.13. The van der Waals surface area contributed by atoms with Crippen molar-refractivity contribution in [3.63, 3.8) is 0 Å². The molecule has 0 spiro atoms. The highest BCUT2D eigenvalue weighted by atomic mass is 32.1. The van der Waals surface area contributed by atoms with Crippen LogP contribution in [0.25, 0.3) is 10.7 Å². The van der Waals surface area contributed by atoms with Gasteiger partial charge in [-0.1, -0.05) is 23.4 Å². The number of thiophene rings is 1. The zero-order valence-corrected chi connectivity index (χ0v) is 14.5. The topological polar surface area (TPSA) is 59.2 Å². The van der Waals surface area contributed by atoms with Gasteiger partial charge < -0.3 is 9.42 Å².